The molecule has 0 saturated heterocycles. The summed E-state index contributed by atoms with van der Waals surface area (Å²) in [5.41, 5.74) is 2.26. The molecular formula is C22H24N2O4S. The zero-order chi connectivity index (χ0) is 21.1. The van der Waals surface area contributed by atoms with Crippen LogP contribution in [0.2, 0.25) is 0 Å². The lowest BCUT2D eigenvalue weighted by Crippen LogP contribution is -2.23. The van der Waals surface area contributed by atoms with E-state index in [4.69, 9.17) is 4.42 Å². The Morgan fingerprint density at radius 1 is 0.966 bits per heavy atom. The first-order chi connectivity index (χ1) is 13.6. The predicted molar refractivity (Wildman–Crippen MR) is 112 cm³/mol. The van der Waals surface area contributed by atoms with Crippen molar-refractivity contribution in [2.75, 3.05) is 5.32 Å². The molecular weight excluding hydrogens is 388 g/mol. The van der Waals surface area contributed by atoms with Gasteiger partial charge in [0.1, 0.15) is 5.76 Å². The van der Waals surface area contributed by atoms with Gasteiger partial charge in [0.15, 0.2) is 0 Å². The molecule has 7 heteroatoms. The fourth-order valence-electron chi connectivity index (χ4n) is 2.70. The monoisotopic (exact) mass is 412 g/mol. The summed E-state index contributed by atoms with van der Waals surface area (Å²) in [5.74, 6) is 0.211. The lowest BCUT2D eigenvalue weighted by atomic mass is 9.87. The summed E-state index contributed by atoms with van der Waals surface area (Å²) >= 11 is 0. The van der Waals surface area contributed by atoms with Gasteiger partial charge in [-0.1, -0.05) is 32.9 Å². The molecule has 3 aromatic rings. The van der Waals surface area contributed by atoms with Gasteiger partial charge in [0, 0.05) is 11.3 Å². The summed E-state index contributed by atoms with van der Waals surface area (Å²) < 4.78 is 32.3. The Balaban J connectivity index is 1.65. The second-order valence-corrected chi connectivity index (χ2v) is 9.48. The van der Waals surface area contributed by atoms with E-state index in [0.29, 0.717) is 17.0 Å². The molecule has 0 spiro atoms. The first kappa shape index (κ1) is 20.8. The summed E-state index contributed by atoms with van der Waals surface area (Å²) in [5, 5.41) is 2.82. The second kappa shape index (κ2) is 8.23. The van der Waals surface area contributed by atoms with E-state index in [0.717, 1.165) is 0 Å². The zero-order valence-corrected chi connectivity index (χ0v) is 17.4. The van der Waals surface area contributed by atoms with Crippen molar-refractivity contribution in [1.29, 1.82) is 0 Å². The molecule has 0 aliphatic heterocycles. The Hall–Kier alpha value is -2.90. The van der Waals surface area contributed by atoms with Crippen LogP contribution in [0.25, 0.3) is 0 Å². The predicted octanol–water partition coefficient (Wildman–Crippen LogP) is 4.31. The third kappa shape index (κ3) is 5.34. The second-order valence-electron chi connectivity index (χ2n) is 7.71. The van der Waals surface area contributed by atoms with Gasteiger partial charge in [0.25, 0.3) is 5.91 Å². The van der Waals surface area contributed by atoms with E-state index in [1.807, 2.05) is 24.3 Å². The minimum atomic E-state index is -3.70. The largest absolute Gasteiger partial charge is 0.468 e. The Labute approximate surface area is 171 Å². The third-order valence-electron chi connectivity index (χ3n) is 4.45. The molecule has 0 bridgehead atoms. The number of carbonyl (C=O) groups excluding carboxylic acids is 1. The standard InChI is InChI=1S/C22H24N2O4S/c1-22(2,3)17-8-10-18(11-9-17)24-21(25)16-6-12-20(13-7-16)29(26,27)23-15-19-5-4-14-28-19/h4-14,23H,15H2,1-3H3,(H,24,25). The third-order valence-corrected chi connectivity index (χ3v) is 5.87. The van der Waals surface area contributed by atoms with Gasteiger partial charge in [-0.2, -0.15) is 0 Å². The van der Waals surface area contributed by atoms with Crippen molar-refractivity contribution in [2.45, 2.75) is 37.6 Å². The summed E-state index contributed by atoms with van der Waals surface area (Å²) in [7, 11) is -3.70. The van der Waals surface area contributed by atoms with Crippen LogP contribution in [0.5, 0.6) is 0 Å². The summed E-state index contributed by atoms with van der Waals surface area (Å²) in [6, 6.07) is 16.8. The molecule has 0 aliphatic carbocycles. The number of hydrogen-bond acceptors (Lipinski definition) is 4. The number of sulfonamides is 1. The van der Waals surface area contributed by atoms with Gasteiger partial charge in [-0.3, -0.25) is 4.79 Å². The summed E-state index contributed by atoms with van der Waals surface area (Å²) in [6.07, 6.45) is 1.48. The molecule has 0 fully saturated rings. The highest BCUT2D eigenvalue weighted by Gasteiger charge is 2.16. The van der Waals surface area contributed by atoms with Crippen molar-refractivity contribution < 1.29 is 17.6 Å². The first-order valence-corrected chi connectivity index (χ1v) is 10.7. The van der Waals surface area contributed by atoms with Crippen molar-refractivity contribution >= 4 is 21.6 Å². The van der Waals surface area contributed by atoms with Gasteiger partial charge in [0.2, 0.25) is 10.0 Å². The molecule has 2 aromatic carbocycles. The van der Waals surface area contributed by atoms with Crippen LogP contribution in [0.1, 0.15) is 42.5 Å². The molecule has 1 amide bonds. The molecule has 1 aromatic heterocycles. The summed E-state index contributed by atoms with van der Waals surface area (Å²) in [6.45, 7) is 6.43. The maximum absolute atomic E-state index is 12.4. The van der Waals surface area contributed by atoms with Gasteiger partial charge in [0.05, 0.1) is 17.7 Å². The van der Waals surface area contributed by atoms with Gasteiger partial charge in [-0.25, -0.2) is 13.1 Å². The number of nitrogens with one attached hydrogen (secondary N) is 2. The average Bonchev–Trinajstić information content (AvgIpc) is 3.20. The van der Waals surface area contributed by atoms with Crippen molar-refractivity contribution in [3.05, 3.63) is 83.8 Å². The van der Waals surface area contributed by atoms with Crippen molar-refractivity contribution in [3.63, 3.8) is 0 Å². The maximum atomic E-state index is 12.4. The van der Waals surface area contributed by atoms with E-state index in [-0.39, 0.29) is 22.8 Å². The molecule has 6 nitrogen and oxygen atoms in total. The Morgan fingerprint density at radius 3 is 2.17 bits per heavy atom. The number of furan rings is 1. The summed E-state index contributed by atoms with van der Waals surface area (Å²) in [4.78, 5) is 12.5. The molecule has 152 valence electrons. The number of anilines is 1. The molecule has 0 atom stereocenters. The van der Waals surface area contributed by atoms with Gasteiger partial charge in [-0.15, -0.1) is 0 Å². The maximum Gasteiger partial charge on any atom is 0.255 e. The van der Waals surface area contributed by atoms with E-state index >= 15 is 0 Å². The molecule has 29 heavy (non-hydrogen) atoms. The van der Waals surface area contributed by atoms with Gasteiger partial charge >= 0.3 is 0 Å². The fourth-order valence-corrected chi connectivity index (χ4v) is 3.70. The number of benzene rings is 2. The topological polar surface area (TPSA) is 88.4 Å². The van der Waals surface area contributed by atoms with Gasteiger partial charge < -0.3 is 9.73 Å². The smallest absolute Gasteiger partial charge is 0.255 e. The first-order valence-electron chi connectivity index (χ1n) is 9.19. The minimum Gasteiger partial charge on any atom is -0.468 e. The van der Waals surface area contributed by atoms with Gasteiger partial charge in [-0.05, 0) is 59.5 Å². The van der Waals surface area contributed by atoms with E-state index in [1.165, 1.54) is 36.1 Å². The SMILES string of the molecule is CC(C)(C)c1ccc(NC(=O)c2ccc(S(=O)(=O)NCc3ccco3)cc2)cc1. The lowest BCUT2D eigenvalue weighted by molar-refractivity contribution is 0.102. The highest BCUT2D eigenvalue weighted by molar-refractivity contribution is 7.89. The molecule has 1 heterocycles. The molecule has 0 radical (unpaired) electrons. The molecule has 0 unspecified atom stereocenters. The van der Waals surface area contributed by atoms with Crippen LogP contribution in [0.4, 0.5) is 5.69 Å². The van der Waals surface area contributed by atoms with Crippen LogP contribution in [-0.4, -0.2) is 14.3 Å². The lowest BCUT2D eigenvalue weighted by Gasteiger charge is -2.19. The van der Waals surface area contributed by atoms with E-state index in [1.54, 1.807) is 12.1 Å². The van der Waals surface area contributed by atoms with Crippen LogP contribution < -0.4 is 10.0 Å². The van der Waals surface area contributed by atoms with Crippen LogP contribution in [0, 0.1) is 0 Å². The Morgan fingerprint density at radius 2 is 1.62 bits per heavy atom. The number of rotatable bonds is 6. The van der Waals surface area contributed by atoms with E-state index < -0.39 is 10.0 Å². The quantitative estimate of drug-likeness (QED) is 0.631. The molecule has 0 saturated carbocycles. The minimum absolute atomic E-state index is 0.0365. The van der Waals surface area contributed by atoms with Crippen molar-refractivity contribution in [3.8, 4) is 0 Å². The number of amides is 1. The normalized spacial score (nSPS) is 12.0. The van der Waals surface area contributed by atoms with Crippen LogP contribution in [-0.2, 0) is 22.0 Å². The highest BCUT2D eigenvalue weighted by atomic mass is 32.2. The molecule has 2 N–H and O–H groups in total. The number of carbonyl (C=O) groups is 1. The average molecular weight is 413 g/mol. The Bertz CT molecular complexity index is 1060. The van der Waals surface area contributed by atoms with Crippen molar-refractivity contribution in [1.82, 2.24) is 4.72 Å². The van der Waals surface area contributed by atoms with Crippen LogP contribution in [0.15, 0.2) is 76.2 Å². The molecule has 3 rings (SSSR count). The molecule has 0 aliphatic rings. The number of hydrogen-bond donors (Lipinski definition) is 2. The van der Waals surface area contributed by atoms with Crippen LogP contribution in [0.3, 0.4) is 0 Å². The van der Waals surface area contributed by atoms with Crippen LogP contribution >= 0.6 is 0 Å². The Kier molecular flexibility index (Phi) is 5.91. The van der Waals surface area contributed by atoms with E-state index in [9.17, 15) is 13.2 Å². The zero-order valence-electron chi connectivity index (χ0n) is 16.6. The fraction of sp³-hybridized carbons (Fsp3) is 0.227. The van der Waals surface area contributed by atoms with Crippen molar-refractivity contribution in [2.24, 2.45) is 0 Å². The van der Waals surface area contributed by atoms with E-state index in [2.05, 4.69) is 30.8 Å². The highest BCUT2D eigenvalue weighted by Crippen LogP contribution is 2.23.